The number of aryl methyl sites for hydroxylation is 1. The van der Waals surface area contributed by atoms with E-state index in [2.05, 4.69) is 21.3 Å². The molecule has 0 aromatic heterocycles. The van der Waals surface area contributed by atoms with Gasteiger partial charge < -0.3 is 35.8 Å². The molecular weight excluding hydrogens is 552 g/mol. The van der Waals surface area contributed by atoms with Crippen molar-refractivity contribution >= 4 is 23.9 Å². The van der Waals surface area contributed by atoms with Gasteiger partial charge in [-0.1, -0.05) is 62.4 Å². The fraction of sp³-hybridized carbons (Fsp3) is 0.688. The van der Waals surface area contributed by atoms with Gasteiger partial charge in [0, 0.05) is 19.5 Å². The summed E-state index contributed by atoms with van der Waals surface area (Å²) in [5.74, 6) is -0.905. The highest BCUT2D eigenvalue weighted by Gasteiger charge is 2.28. The Morgan fingerprint density at radius 1 is 1.02 bits per heavy atom. The molecule has 3 amide bonds. The van der Waals surface area contributed by atoms with Crippen molar-refractivity contribution < 1.29 is 33.8 Å². The minimum Gasteiger partial charge on any atom is -0.469 e. The summed E-state index contributed by atoms with van der Waals surface area (Å²) in [4.78, 5) is 49.8. The molecule has 1 unspecified atom stereocenters. The molecule has 2 rings (SSSR count). The fourth-order valence-electron chi connectivity index (χ4n) is 5.18. The van der Waals surface area contributed by atoms with Crippen LogP contribution in [0.25, 0.3) is 0 Å². The number of esters is 1. The van der Waals surface area contributed by atoms with Crippen molar-refractivity contribution in [3.63, 3.8) is 0 Å². The lowest BCUT2D eigenvalue weighted by Crippen LogP contribution is -2.52. The Balaban J connectivity index is 1.87. The summed E-state index contributed by atoms with van der Waals surface area (Å²) in [5.41, 5.74) is 0.502. The Labute approximate surface area is 256 Å². The van der Waals surface area contributed by atoms with E-state index in [1.165, 1.54) is 19.1 Å². The minimum absolute atomic E-state index is 0.0236. The second-order valence-electron chi connectivity index (χ2n) is 12.3. The summed E-state index contributed by atoms with van der Waals surface area (Å²) in [6, 6.07) is 8.48. The summed E-state index contributed by atoms with van der Waals surface area (Å²) in [6.45, 7) is 5.67. The van der Waals surface area contributed by atoms with Gasteiger partial charge >= 0.3 is 12.1 Å². The number of carbonyl (C=O) groups is 4. The molecule has 1 aliphatic rings. The lowest BCUT2D eigenvalue weighted by molar-refractivity contribution is -0.141. The maximum Gasteiger partial charge on any atom is 0.407 e. The van der Waals surface area contributed by atoms with E-state index < -0.39 is 41.8 Å². The minimum atomic E-state index is -0.953. The van der Waals surface area contributed by atoms with Gasteiger partial charge in [0.05, 0.1) is 25.8 Å². The summed E-state index contributed by atoms with van der Waals surface area (Å²) in [7, 11) is 1.27. The smallest absolute Gasteiger partial charge is 0.407 e. The predicted molar refractivity (Wildman–Crippen MR) is 164 cm³/mol. The molecule has 0 saturated heterocycles. The van der Waals surface area contributed by atoms with E-state index in [0.717, 1.165) is 38.5 Å². The molecule has 0 spiro atoms. The van der Waals surface area contributed by atoms with Crippen LogP contribution in [0.4, 0.5) is 4.79 Å². The summed E-state index contributed by atoms with van der Waals surface area (Å²) < 4.78 is 10.1. The number of hydrogen-bond donors (Lipinski definition) is 5. The molecule has 5 N–H and O–H groups in total. The van der Waals surface area contributed by atoms with Gasteiger partial charge in [0.2, 0.25) is 11.8 Å². The molecule has 1 aromatic carbocycles. The van der Waals surface area contributed by atoms with Gasteiger partial charge in [-0.3, -0.25) is 14.4 Å². The number of aliphatic hydroxyl groups is 1. The number of nitrogens with one attached hydrogen (secondary N) is 4. The Kier molecular flexibility index (Phi) is 16.1. The maximum absolute atomic E-state index is 12.9. The van der Waals surface area contributed by atoms with Crippen LogP contribution in [0.5, 0.6) is 0 Å². The molecule has 0 radical (unpaired) electrons. The Hall–Kier alpha value is -3.18. The van der Waals surface area contributed by atoms with Gasteiger partial charge in [0.15, 0.2) is 0 Å². The number of aliphatic hydroxyl groups excluding tert-OH is 1. The first-order valence-electron chi connectivity index (χ1n) is 15.5. The molecule has 0 heterocycles. The predicted octanol–water partition coefficient (Wildman–Crippen LogP) is 2.99. The molecular formula is C32H52N4O7. The van der Waals surface area contributed by atoms with Crippen molar-refractivity contribution in [3.8, 4) is 0 Å². The third-order valence-corrected chi connectivity index (χ3v) is 7.42. The zero-order valence-corrected chi connectivity index (χ0v) is 26.3. The molecule has 3 atom stereocenters. The van der Waals surface area contributed by atoms with E-state index in [9.17, 15) is 24.3 Å². The molecule has 1 fully saturated rings. The van der Waals surface area contributed by atoms with Gasteiger partial charge in [-0.25, -0.2) is 4.79 Å². The van der Waals surface area contributed by atoms with Crippen LogP contribution in [0, 0.1) is 5.92 Å². The van der Waals surface area contributed by atoms with Crippen molar-refractivity contribution in [1.82, 2.24) is 21.3 Å². The average molecular weight is 605 g/mol. The monoisotopic (exact) mass is 604 g/mol. The van der Waals surface area contributed by atoms with Gasteiger partial charge in [-0.2, -0.15) is 0 Å². The van der Waals surface area contributed by atoms with Crippen LogP contribution >= 0.6 is 0 Å². The first kappa shape index (κ1) is 36.0. The first-order valence-corrected chi connectivity index (χ1v) is 15.5. The molecule has 11 heteroatoms. The largest absolute Gasteiger partial charge is 0.469 e. The van der Waals surface area contributed by atoms with Gasteiger partial charge in [-0.05, 0) is 57.9 Å². The standard InChI is InChI=1S/C32H52N4O7/c1-32(2,3)43-31(41)36-26(20-24-14-9-6-10-15-24)27(37)21-33-22-28(38)35-25(17-18-29(39)42-4)30(40)34-19-11-16-23-12-7-5-8-13-23/h5,7-8,12-13,24-27,33,37H,6,9-11,14-22H2,1-4H3,(H,34,40)(H,35,38)(H,36,41)/t25-,26-,27?/m0/s1. The van der Waals surface area contributed by atoms with Crippen LogP contribution < -0.4 is 21.3 Å². The highest BCUT2D eigenvalue weighted by atomic mass is 16.6. The van der Waals surface area contributed by atoms with Crippen LogP contribution in [0.1, 0.15) is 84.1 Å². The van der Waals surface area contributed by atoms with Crippen molar-refractivity contribution in [1.29, 1.82) is 0 Å². The van der Waals surface area contributed by atoms with E-state index in [4.69, 9.17) is 9.47 Å². The highest BCUT2D eigenvalue weighted by Crippen LogP contribution is 2.28. The van der Waals surface area contributed by atoms with Crippen LogP contribution in [-0.4, -0.2) is 79.5 Å². The third kappa shape index (κ3) is 15.7. The Bertz CT molecular complexity index is 993. The number of alkyl carbamates (subject to hydrolysis) is 1. The SMILES string of the molecule is COC(=O)CC[C@H](NC(=O)CNCC(O)[C@H](CC1CCCCC1)NC(=O)OC(C)(C)C)C(=O)NCCCc1ccccc1. The molecule has 1 aliphatic carbocycles. The van der Waals surface area contributed by atoms with E-state index in [1.54, 1.807) is 20.8 Å². The third-order valence-electron chi connectivity index (χ3n) is 7.42. The molecule has 1 aromatic rings. The number of hydrogen-bond acceptors (Lipinski definition) is 8. The van der Waals surface area contributed by atoms with Gasteiger partial charge in [0.1, 0.15) is 11.6 Å². The number of ether oxygens (including phenoxy) is 2. The highest BCUT2D eigenvalue weighted by molar-refractivity contribution is 5.88. The Morgan fingerprint density at radius 2 is 1.72 bits per heavy atom. The number of methoxy groups -OCH3 is 1. The van der Waals surface area contributed by atoms with E-state index >= 15 is 0 Å². The molecule has 1 saturated carbocycles. The van der Waals surface area contributed by atoms with Crippen LogP contribution in [-0.2, 0) is 30.3 Å². The molecule has 0 aliphatic heterocycles. The number of carbonyl (C=O) groups excluding carboxylic acids is 4. The normalized spacial score (nSPS) is 15.9. The van der Waals surface area contributed by atoms with E-state index in [0.29, 0.717) is 18.9 Å². The number of benzene rings is 1. The van der Waals surface area contributed by atoms with Crippen molar-refractivity contribution in [3.05, 3.63) is 35.9 Å². The molecule has 43 heavy (non-hydrogen) atoms. The van der Waals surface area contributed by atoms with Crippen molar-refractivity contribution in [2.75, 3.05) is 26.7 Å². The number of amides is 3. The molecule has 11 nitrogen and oxygen atoms in total. The number of rotatable bonds is 17. The summed E-state index contributed by atoms with van der Waals surface area (Å²) in [6.07, 6.45) is 6.25. The zero-order chi connectivity index (χ0) is 31.7. The lowest BCUT2D eigenvalue weighted by atomic mass is 9.83. The van der Waals surface area contributed by atoms with Crippen LogP contribution in [0.3, 0.4) is 0 Å². The van der Waals surface area contributed by atoms with Gasteiger partial charge in [0.25, 0.3) is 0 Å². The van der Waals surface area contributed by atoms with Crippen molar-refractivity contribution in [2.45, 2.75) is 109 Å². The molecule has 242 valence electrons. The van der Waals surface area contributed by atoms with Crippen molar-refractivity contribution in [2.24, 2.45) is 5.92 Å². The second-order valence-corrected chi connectivity index (χ2v) is 12.3. The Morgan fingerprint density at radius 3 is 2.37 bits per heavy atom. The maximum atomic E-state index is 12.9. The fourth-order valence-corrected chi connectivity index (χ4v) is 5.18. The van der Waals surface area contributed by atoms with E-state index in [-0.39, 0.29) is 31.8 Å². The van der Waals surface area contributed by atoms with Crippen LogP contribution in [0.2, 0.25) is 0 Å². The quantitative estimate of drug-likeness (QED) is 0.134. The molecule has 0 bridgehead atoms. The first-order chi connectivity index (χ1) is 20.5. The topological polar surface area (TPSA) is 155 Å². The zero-order valence-electron chi connectivity index (χ0n) is 26.3. The summed E-state index contributed by atoms with van der Waals surface area (Å²) >= 11 is 0. The second kappa shape index (κ2) is 19.2. The van der Waals surface area contributed by atoms with E-state index in [1.807, 2.05) is 30.3 Å². The van der Waals surface area contributed by atoms with Gasteiger partial charge in [-0.15, -0.1) is 0 Å². The lowest BCUT2D eigenvalue weighted by Gasteiger charge is -2.31. The van der Waals surface area contributed by atoms with Crippen LogP contribution in [0.15, 0.2) is 30.3 Å². The average Bonchev–Trinajstić information content (AvgIpc) is 2.96. The summed E-state index contributed by atoms with van der Waals surface area (Å²) in [5, 5.41) is 22.3.